The molecule has 1 N–H and O–H groups in total. The van der Waals surface area contributed by atoms with Gasteiger partial charge in [-0.15, -0.1) is 0 Å². The number of carbonyl (C=O) groups excluding carboxylic acids is 1. The van der Waals surface area contributed by atoms with Crippen LogP contribution in [0.15, 0.2) is 24.5 Å². The number of nitrogens with zero attached hydrogens (tertiary/aromatic N) is 2. The fourth-order valence-corrected chi connectivity index (χ4v) is 5.45. The van der Waals surface area contributed by atoms with Crippen molar-refractivity contribution >= 4 is 5.91 Å². The summed E-state index contributed by atoms with van der Waals surface area (Å²) in [4.78, 5) is 19.0. The van der Waals surface area contributed by atoms with Gasteiger partial charge in [-0.3, -0.25) is 14.7 Å². The van der Waals surface area contributed by atoms with Crippen LogP contribution in [0, 0.1) is 17.8 Å². The SMILES string of the molecule is CCC(CC)C(=O)NC[C@H]1[C@H]2CN(Cc3ccncc3)C[C@]23CC[C@H]1O3. The highest BCUT2D eigenvalue weighted by Crippen LogP contribution is 2.54. The van der Waals surface area contributed by atoms with E-state index in [4.69, 9.17) is 4.74 Å². The summed E-state index contributed by atoms with van der Waals surface area (Å²) < 4.78 is 6.50. The Kier molecular flexibility index (Phi) is 5.02. The molecule has 3 fully saturated rings. The normalized spacial score (nSPS) is 33.0. The molecule has 5 nitrogen and oxygen atoms in total. The zero-order valence-corrected chi connectivity index (χ0v) is 16.0. The van der Waals surface area contributed by atoms with Crippen LogP contribution >= 0.6 is 0 Å². The van der Waals surface area contributed by atoms with Gasteiger partial charge in [0.15, 0.2) is 0 Å². The molecule has 1 aromatic heterocycles. The quantitative estimate of drug-likeness (QED) is 0.815. The predicted octanol–water partition coefficient (Wildman–Crippen LogP) is 2.61. The van der Waals surface area contributed by atoms with Gasteiger partial charge in [0.2, 0.25) is 5.91 Å². The Bertz CT molecular complexity index is 633. The fraction of sp³-hybridized carbons (Fsp3) is 0.714. The Morgan fingerprint density at radius 1 is 1.38 bits per heavy atom. The van der Waals surface area contributed by atoms with Crippen molar-refractivity contribution in [1.29, 1.82) is 0 Å². The molecule has 4 heterocycles. The van der Waals surface area contributed by atoms with Crippen LogP contribution in [0.3, 0.4) is 0 Å². The maximum Gasteiger partial charge on any atom is 0.223 e. The van der Waals surface area contributed by atoms with E-state index in [0.29, 0.717) is 17.9 Å². The van der Waals surface area contributed by atoms with Crippen molar-refractivity contribution in [2.75, 3.05) is 19.6 Å². The summed E-state index contributed by atoms with van der Waals surface area (Å²) >= 11 is 0. The molecule has 142 valence electrons. The van der Waals surface area contributed by atoms with Gasteiger partial charge in [-0.2, -0.15) is 0 Å². The monoisotopic (exact) mass is 357 g/mol. The van der Waals surface area contributed by atoms with Gasteiger partial charge >= 0.3 is 0 Å². The van der Waals surface area contributed by atoms with Crippen molar-refractivity contribution < 1.29 is 9.53 Å². The number of nitrogens with one attached hydrogen (secondary N) is 1. The van der Waals surface area contributed by atoms with Crippen molar-refractivity contribution in [3.05, 3.63) is 30.1 Å². The van der Waals surface area contributed by atoms with Gasteiger partial charge in [-0.25, -0.2) is 0 Å². The van der Waals surface area contributed by atoms with Crippen LogP contribution in [0.2, 0.25) is 0 Å². The summed E-state index contributed by atoms with van der Waals surface area (Å²) in [6.07, 6.45) is 8.22. The van der Waals surface area contributed by atoms with Crippen molar-refractivity contribution in [2.45, 2.75) is 57.8 Å². The van der Waals surface area contributed by atoms with Crippen molar-refractivity contribution in [1.82, 2.24) is 15.2 Å². The molecule has 0 radical (unpaired) electrons. The maximum absolute atomic E-state index is 12.4. The van der Waals surface area contributed by atoms with Gasteiger partial charge in [0.05, 0.1) is 11.7 Å². The highest BCUT2D eigenvalue weighted by molar-refractivity contribution is 5.78. The lowest BCUT2D eigenvalue weighted by atomic mass is 9.73. The first-order chi connectivity index (χ1) is 12.6. The number of amides is 1. The number of hydrogen-bond acceptors (Lipinski definition) is 4. The predicted molar refractivity (Wildman–Crippen MR) is 100 cm³/mol. The molecule has 0 aliphatic carbocycles. The van der Waals surface area contributed by atoms with E-state index in [-0.39, 0.29) is 17.4 Å². The first kappa shape index (κ1) is 17.9. The van der Waals surface area contributed by atoms with Crippen molar-refractivity contribution in [3.63, 3.8) is 0 Å². The Morgan fingerprint density at radius 3 is 2.88 bits per heavy atom. The molecular weight excluding hydrogens is 326 g/mol. The third-order valence-electron chi connectivity index (χ3n) is 6.88. The van der Waals surface area contributed by atoms with Gasteiger partial charge in [0.1, 0.15) is 0 Å². The summed E-state index contributed by atoms with van der Waals surface area (Å²) in [5.74, 6) is 1.38. The van der Waals surface area contributed by atoms with E-state index in [9.17, 15) is 4.79 Å². The molecule has 3 saturated heterocycles. The number of carbonyl (C=O) groups is 1. The second-order valence-corrected chi connectivity index (χ2v) is 8.31. The van der Waals surface area contributed by atoms with Crippen LogP contribution in [0.25, 0.3) is 0 Å². The molecule has 3 aliphatic rings. The average Bonchev–Trinajstić information content (AvgIpc) is 3.29. The average molecular weight is 357 g/mol. The van der Waals surface area contributed by atoms with Gasteiger partial charge in [-0.1, -0.05) is 13.8 Å². The molecule has 3 aliphatic heterocycles. The molecular formula is C21H31N3O2. The number of likely N-dealkylation sites (tertiary alicyclic amines) is 1. The smallest absolute Gasteiger partial charge is 0.223 e. The van der Waals surface area contributed by atoms with Gasteiger partial charge in [0.25, 0.3) is 0 Å². The minimum Gasteiger partial charge on any atom is -0.370 e. The molecule has 4 rings (SSSR count). The summed E-state index contributed by atoms with van der Waals surface area (Å²) in [7, 11) is 0. The Labute approximate surface area is 156 Å². The number of fused-ring (bicyclic) bond motifs is 1. The molecule has 1 aromatic rings. The topological polar surface area (TPSA) is 54.5 Å². The van der Waals surface area contributed by atoms with Gasteiger partial charge in [-0.05, 0) is 43.4 Å². The Balaban J connectivity index is 1.39. The second-order valence-electron chi connectivity index (χ2n) is 8.31. The highest BCUT2D eigenvalue weighted by Gasteiger charge is 2.62. The number of pyridine rings is 1. The molecule has 26 heavy (non-hydrogen) atoms. The largest absolute Gasteiger partial charge is 0.370 e. The highest BCUT2D eigenvalue weighted by atomic mass is 16.5. The molecule has 5 heteroatoms. The van der Waals surface area contributed by atoms with E-state index in [1.165, 1.54) is 12.0 Å². The minimum absolute atomic E-state index is 0.0298. The van der Waals surface area contributed by atoms with E-state index in [1.807, 2.05) is 12.4 Å². The summed E-state index contributed by atoms with van der Waals surface area (Å²) in [6, 6.07) is 4.19. The second kappa shape index (κ2) is 7.28. The number of ether oxygens (including phenoxy) is 1. The molecule has 4 atom stereocenters. The van der Waals surface area contributed by atoms with Gasteiger partial charge in [0, 0.05) is 56.3 Å². The van der Waals surface area contributed by atoms with Crippen molar-refractivity contribution in [3.8, 4) is 0 Å². The lowest BCUT2D eigenvalue weighted by Gasteiger charge is -2.30. The number of aromatic nitrogens is 1. The zero-order valence-electron chi connectivity index (χ0n) is 16.0. The standard InChI is InChI=1S/C21H31N3O2/c1-3-16(4-2)20(25)23-11-17-18-13-24(12-15-6-9-22-10-7-15)14-21(18)8-5-19(17)26-21/h6-7,9-10,16-19H,3-5,8,11-14H2,1-2H3,(H,23,25)/t17-,18+,19+,21+/m0/s1. The van der Waals surface area contributed by atoms with E-state index in [1.54, 1.807) is 0 Å². The molecule has 0 aromatic carbocycles. The van der Waals surface area contributed by atoms with Crippen LogP contribution in [-0.4, -0.2) is 47.1 Å². The minimum atomic E-state index is 0.0298. The molecule has 0 saturated carbocycles. The van der Waals surface area contributed by atoms with E-state index in [0.717, 1.165) is 45.4 Å². The zero-order chi connectivity index (χ0) is 18.1. The lowest BCUT2D eigenvalue weighted by molar-refractivity contribution is -0.125. The molecule has 2 bridgehead atoms. The van der Waals surface area contributed by atoms with E-state index < -0.39 is 0 Å². The van der Waals surface area contributed by atoms with Crippen LogP contribution in [0.4, 0.5) is 0 Å². The maximum atomic E-state index is 12.4. The first-order valence-corrected chi connectivity index (χ1v) is 10.2. The third kappa shape index (κ3) is 3.16. The summed E-state index contributed by atoms with van der Waals surface area (Å²) in [5.41, 5.74) is 1.34. The summed E-state index contributed by atoms with van der Waals surface area (Å²) in [6.45, 7) is 8.02. The van der Waals surface area contributed by atoms with Crippen molar-refractivity contribution in [2.24, 2.45) is 17.8 Å². The lowest BCUT2D eigenvalue weighted by Crippen LogP contribution is -2.43. The first-order valence-electron chi connectivity index (χ1n) is 10.2. The Hall–Kier alpha value is -1.46. The Morgan fingerprint density at radius 2 is 2.15 bits per heavy atom. The van der Waals surface area contributed by atoms with Crippen LogP contribution < -0.4 is 5.32 Å². The fourth-order valence-electron chi connectivity index (χ4n) is 5.45. The van der Waals surface area contributed by atoms with Gasteiger partial charge < -0.3 is 10.1 Å². The van der Waals surface area contributed by atoms with Crippen LogP contribution in [-0.2, 0) is 16.1 Å². The third-order valence-corrected chi connectivity index (χ3v) is 6.88. The van der Waals surface area contributed by atoms with E-state index >= 15 is 0 Å². The molecule has 1 amide bonds. The van der Waals surface area contributed by atoms with Crippen LogP contribution in [0.5, 0.6) is 0 Å². The number of hydrogen-bond donors (Lipinski definition) is 1. The molecule has 0 unspecified atom stereocenters. The van der Waals surface area contributed by atoms with E-state index in [2.05, 4.69) is 41.2 Å². The molecule has 1 spiro atoms. The summed E-state index contributed by atoms with van der Waals surface area (Å²) in [5, 5.41) is 3.24. The van der Waals surface area contributed by atoms with Crippen LogP contribution in [0.1, 0.15) is 45.1 Å². The number of rotatable bonds is 7.